The van der Waals surface area contributed by atoms with Crippen LogP contribution in [0.1, 0.15) is 48.7 Å². The highest BCUT2D eigenvalue weighted by atomic mass is 35.5. The lowest BCUT2D eigenvalue weighted by atomic mass is 9.85. The summed E-state index contributed by atoms with van der Waals surface area (Å²) >= 11 is 11.5. The van der Waals surface area contributed by atoms with Gasteiger partial charge in [-0.25, -0.2) is 4.79 Å². The van der Waals surface area contributed by atoms with Crippen molar-refractivity contribution in [2.75, 3.05) is 5.32 Å². The molecule has 0 aliphatic heterocycles. The minimum absolute atomic E-state index is 0.0734. The van der Waals surface area contributed by atoms with Crippen molar-refractivity contribution in [2.24, 2.45) is 0 Å². The van der Waals surface area contributed by atoms with Crippen molar-refractivity contribution in [3.63, 3.8) is 0 Å². The van der Waals surface area contributed by atoms with Crippen molar-refractivity contribution in [1.82, 2.24) is 0 Å². The molecule has 0 heterocycles. The Morgan fingerprint density at radius 2 is 1.51 bits per heavy atom. The van der Waals surface area contributed by atoms with Crippen molar-refractivity contribution in [3.8, 4) is 0 Å². The zero-order valence-corrected chi connectivity index (χ0v) is 19.9. The molecule has 1 atom stereocenters. The van der Waals surface area contributed by atoms with Crippen molar-refractivity contribution >= 4 is 40.8 Å². The highest BCUT2D eigenvalue weighted by molar-refractivity contribution is 6.33. The number of ketones is 1. The van der Waals surface area contributed by atoms with Gasteiger partial charge in [-0.3, -0.25) is 10.1 Å². The molecule has 2 aromatic carbocycles. The summed E-state index contributed by atoms with van der Waals surface area (Å²) in [6.45, 7) is 4.73. The Kier molecular flexibility index (Phi) is 8.10. The smallest absolute Gasteiger partial charge is 0.421 e. The van der Waals surface area contributed by atoms with E-state index in [1.54, 1.807) is 20.8 Å². The van der Waals surface area contributed by atoms with E-state index in [1.165, 1.54) is 0 Å². The van der Waals surface area contributed by atoms with E-state index < -0.39 is 63.6 Å². The van der Waals surface area contributed by atoms with Gasteiger partial charge >= 0.3 is 18.4 Å². The molecule has 5 nitrogen and oxygen atoms in total. The fraction of sp³-hybridized carbons (Fsp3) is 0.364. The first-order valence-corrected chi connectivity index (χ1v) is 10.5. The van der Waals surface area contributed by atoms with Gasteiger partial charge in [0.25, 0.3) is 0 Å². The third kappa shape index (κ3) is 7.25. The summed E-state index contributed by atoms with van der Waals surface area (Å²) in [6, 6.07) is 4.04. The molecular weight excluding hydrogens is 527 g/mol. The number of carbonyl (C=O) groups is 2. The van der Waals surface area contributed by atoms with E-state index in [0.29, 0.717) is 12.1 Å². The number of amides is 1. The number of Topliss-reactive ketones (excluding diaryl/α,β-unsaturated/α-hetero) is 1. The zero-order chi connectivity index (χ0) is 27.0. The van der Waals surface area contributed by atoms with Crippen LogP contribution in [0.15, 0.2) is 36.4 Å². The Balaban J connectivity index is 2.45. The van der Waals surface area contributed by atoms with Crippen molar-refractivity contribution in [3.05, 3.63) is 63.1 Å². The van der Waals surface area contributed by atoms with Crippen LogP contribution in [0.5, 0.6) is 0 Å². The number of hydrogen-bond donors (Lipinski definition) is 2. The van der Waals surface area contributed by atoms with Crippen LogP contribution in [-0.4, -0.2) is 28.8 Å². The maximum Gasteiger partial charge on any atom is 0.421 e. The molecule has 2 N–H and O–H groups in total. The van der Waals surface area contributed by atoms with Crippen molar-refractivity contribution in [2.45, 2.75) is 50.7 Å². The average molecular weight is 546 g/mol. The topological polar surface area (TPSA) is 75.6 Å². The molecule has 2 rings (SSSR count). The number of aliphatic hydroxyl groups is 1. The van der Waals surface area contributed by atoms with Gasteiger partial charge in [-0.15, -0.1) is 0 Å². The Morgan fingerprint density at radius 1 is 0.943 bits per heavy atom. The second-order valence-corrected chi connectivity index (χ2v) is 9.35. The maximum atomic E-state index is 13.9. The first kappa shape index (κ1) is 28.7. The molecule has 0 aliphatic rings. The number of ether oxygens (including phenoxy) is 1. The lowest BCUT2D eigenvalue weighted by Crippen LogP contribution is -2.44. The molecule has 0 bridgehead atoms. The van der Waals surface area contributed by atoms with Gasteiger partial charge < -0.3 is 9.84 Å². The maximum absolute atomic E-state index is 13.9. The Labute approximate surface area is 206 Å². The number of carbonyl (C=O) groups excluding carboxylic acids is 2. The van der Waals surface area contributed by atoms with Gasteiger partial charge in [0.05, 0.1) is 22.7 Å². The number of hydrogen-bond acceptors (Lipinski definition) is 4. The minimum atomic E-state index is -5.56. The van der Waals surface area contributed by atoms with Gasteiger partial charge in [0.1, 0.15) is 5.60 Å². The molecular formula is C22H19Cl2F6NO4. The van der Waals surface area contributed by atoms with Gasteiger partial charge in [0.15, 0.2) is 11.4 Å². The summed E-state index contributed by atoms with van der Waals surface area (Å²) in [7, 11) is 0. The van der Waals surface area contributed by atoms with Crippen LogP contribution in [0.3, 0.4) is 0 Å². The van der Waals surface area contributed by atoms with Crippen LogP contribution < -0.4 is 5.32 Å². The second kappa shape index (κ2) is 9.87. The molecule has 35 heavy (non-hydrogen) atoms. The molecule has 2 aromatic rings. The summed E-state index contributed by atoms with van der Waals surface area (Å²) in [5.74, 6) is -1.30. The highest BCUT2D eigenvalue weighted by Crippen LogP contribution is 2.45. The summed E-state index contributed by atoms with van der Waals surface area (Å²) in [6.07, 6.45) is -13.3. The van der Waals surface area contributed by atoms with E-state index in [0.717, 1.165) is 18.2 Å². The number of halogens is 8. The Hall–Kier alpha value is -2.50. The Bertz CT molecular complexity index is 1130. The monoisotopic (exact) mass is 545 g/mol. The molecule has 1 unspecified atom stereocenters. The average Bonchev–Trinajstić information content (AvgIpc) is 2.66. The first-order valence-electron chi connectivity index (χ1n) is 9.73. The van der Waals surface area contributed by atoms with Gasteiger partial charge in [-0.1, -0.05) is 23.2 Å². The molecule has 0 saturated carbocycles. The number of anilines is 1. The summed E-state index contributed by atoms with van der Waals surface area (Å²) in [4.78, 5) is 24.7. The molecule has 0 saturated heterocycles. The number of alkyl halides is 6. The molecule has 192 valence electrons. The van der Waals surface area contributed by atoms with Crippen LogP contribution in [0, 0.1) is 0 Å². The van der Waals surface area contributed by atoms with Crippen LogP contribution in [0.4, 0.5) is 36.8 Å². The molecule has 13 heteroatoms. The van der Waals surface area contributed by atoms with Crippen LogP contribution >= 0.6 is 23.2 Å². The largest absolute Gasteiger partial charge is 0.444 e. The number of nitrogens with one attached hydrogen (secondary N) is 1. The molecule has 0 spiro atoms. The highest BCUT2D eigenvalue weighted by Gasteiger charge is 2.56. The third-order valence-corrected chi connectivity index (χ3v) is 5.06. The molecule has 1 amide bonds. The minimum Gasteiger partial charge on any atom is -0.444 e. The summed E-state index contributed by atoms with van der Waals surface area (Å²) in [5, 5.41) is 11.9. The first-order chi connectivity index (χ1) is 15.7. The Morgan fingerprint density at radius 3 is 2.03 bits per heavy atom. The number of rotatable bonds is 5. The van der Waals surface area contributed by atoms with E-state index in [4.69, 9.17) is 27.9 Å². The predicted molar refractivity (Wildman–Crippen MR) is 117 cm³/mol. The molecule has 0 radical (unpaired) electrons. The number of benzene rings is 2. The van der Waals surface area contributed by atoms with E-state index in [-0.39, 0.29) is 16.8 Å². The molecule has 0 fully saturated rings. The quantitative estimate of drug-likeness (QED) is 0.303. The van der Waals surface area contributed by atoms with Crippen LogP contribution in [0.2, 0.25) is 10.0 Å². The summed E-state index contributed by atoms with van der Waals surface area (Å²) in [5.41, 5.74) is -8.29. The van der Waals surface area contributed by atoms with Gasteiger partial charge in [0.2, 0.25) is 0 Å². The van der Waals surface area contributed by atoms with Gasteiger partial charge in [-0.2, -0.15) is 26.3 Å². The normalized spacial score (nSPS) is 14.3. The van der Waals surface area contributed by atoms with E-state index in [2.05, 4.69) is 5.32 Å². The van der Waals surface area contributed by atoms with Gasteiger partial charge in [0, 0.05) is 10.6 Å². The molecule has 0 aliphatic carbocycles. The summed E-state index contributed by atoms with van der Waals surface area (Å²) < 4.78 is 86.0. The van der Waals surface area contributed by atoms with Gasteiger partial charge in [-0.05, 0) is 62.7 Å². The SMILES string of the molecule is CC(C)(C)OC(=O)Nc1cc(C(=O)CC(O)(c2cc(Cl)cc(C(F)(F)F)c2)C(F)(F)F)ccc1Cl. The fourth-order valence-electron chi connectivity index (χ4n) is 2.90. The predicted octanol–water partition coefficient (Wildman–Crippen LogP) is 7.38. The van der Waals surface area contributed by atoms with Crippen LogP contribution in [0.25, 0.3) is 0 Å². The zero-order valence-electron chi connectivity index (χ0n) is 18.4. The standard InChI is InChI=1S/C22H19Cl2F6NO4/c1-19(2,3)35-18(33)31-16-6-11(4-5-15(16)24)17(32)10-20(34,22(28,29)30)12-7-13(21(25,26)27)9-14(23)8-12/h4-9,34H,10H2,1-3H3,(H,31,33). The van der Waals surface area contributed by atoms with Crippen molar-refractivity contribution in [1.29, 1.82) is 0 Å². The third-order valence-electron chi connectivity index (χ3n) is 4.51. The van der Waals surface area contributed by atoms with Crippen molar-refractivity contribution < 1.29 is 45.8 Å². The fourth-order valence-corrected chi connectivity index (χ4v) is 3.30. The molecule has 0 aromatic heterocycles. The van der Waals surface area contributed by atoms with E-state index in [9.17, 15) is 41.0 Å². The second-order valence-electron chi connectivity index (χ2n) is 8.51. The lowest BCUT2D eigenvalue weighted by Gasteiger charge is -2.31. The lowest BCUT2D eigenvalue weighted by molar-refractivity contribution is -0.265. The van der Waals surface area contributed by atoms with E-state index >= 15 is 0 Å². The van der Waals surface area contributed by atoms with E-state index in [1.807, 2.05) is 0 Å². The van der Waals surface area contributed by atoms with Crippen LogP contribution in [-0.2, 0) is 16.5 Å².